The van der Waals surface area contributed by atoms with E-state index in [4.69, 9.17) is 4.42 Å². The molecule has 2 heterocycles. The summed E-state index contributed by atoms with van der Waals surface area (Å²) < 4.78 is 59.2. The number of thiophene rings is 1. The lowest BCUT2D eigenvalue weighted by Gasteiger charge is -2.07. The van der Waals surface area contributed by atoms with E-state index in [0.29, 0.717) is 28.5 Å². The van der Waals surface area contributed by atoms with Gasteiger partial charge in [0.05, 0.1) is 16.8 Å². The number of hydrogen-bond acceptors (Lipinski definition) is 5. The summed E-state index contributed by atoms with van der Waals surface area (Å²) in [5, 5.41) is 0. The Kier molecular flexibility index (Phi) is 3.84. The Morgan fingerprint density at radius 2 is 2.00 bits per heavy atom. The number of oxazole rings is 1. The van der Waals surface area contributed by atoms with Crippen LogP contribution in [0, 0.1) is 11.6 Å². The molecule has 0 aliphatic heterocycles. The first kappa shape index (κ1) is 16.2. The molecule has 1 aromatic carbocycles. The van der Waals surface area contributed by atoms with Crippen LogP contribution in [-0.4, -0.2) is 13.4 Å². The lowest BCUT2D eigenvalue weighted by atomic mass is 10.3. The van der Waals surface area contributed by atoms with E-state index in [1.807, 2.05) is 0 Å². The molecule has 1 fully saturated rings. The molecule has 5 nitrogen and oxygen atoms in total. The molecular formula is C16H12F2N2O3S2. The largest absolute Gasteiger partial charge is 0.440 e. The SMILES string of the molecule is O=S(=O)(Nc1ccc(F)cc1F)c1ccc(-c2cnc(C3CC3)o2)s1. The van der Waals surface area contributed by atoms with Crippen LogP contribution in [0.1, 0.15) is 24.7 Å². The minimum atomic E-state index is -3.99. The summed E-state index contributed by atoms with van der Waals surface area (Å²) in [5.74, 6) is -0.235. The fourth-order valence-electron chi connectivity index (χ4n) is 2.28. The third kappa shape index (κ3) is 3.29. The molecule has 3 aromatic rings. The molecule has 25 heavy (non-hydrogen) atoms. The molecule has 0 spiro atoms. The zero-order chi connectivity index (χ0) is 17.6. The molecule has 9 heteroatoms. The first-order chi connectivity index (χ1) is 11.9. The molecule has 0 atom stereocenters. The van der Waals surface area contributed by atoms with Crippen LogP contribution in [0.25, 0.3) is 10.6 Å². The summed E-state index contributed by atoms with van der Waals surface area (Å²) in [6.45, 7) is 0. The second-order valence-electron chi connectivity index (χ2n) is 5.69. The van der Waals surface area contributed by atoms with E-state index in [9.17, 15) is 17.2 Å². The van der Waals surface area contributed by atoms with Gasteiger partial charge in [-0.25, -0.2) is 22.2 Å². The molecule has 0 bridgehead atoms. The van der Waals surface area contributed by atoms with Gasteiger partial charge >= 0.3 is 0 Å². The normalized spacial score (nSPS) is 14.6. The molecular weight excluding hydrogens is 370 g/mol. The maximum atomic E-state index is 13.7. The van der Waals surface area contributed by atoms with Gasteiger partial charge in [0.15, 0.2) is 11.7 Å². The van der Waals surface area contributed by atoms with Crippen LogP contribution >= 0.6 is 11.3 Å². The monoisotopic (exact) mass is 382 g/mol. The minimum Gasteiger partial charge on any atom is -0.440 e. The van der Waals surface area contributed by atoms with Gasteiger partial charge < -0.3 is 4.42 Å². The molecule has 2 aromatic heterocycles. The number of anilines is 1. The quantitative estimate of drug-likeness (QED) is 0.712. The average molecular weight is 382 g/mol. The number of halogens is 2. The number of rotatable bonds is 5. The summed E-state index contributed by atoms with van der Waals surface area (Å²) in [7, 11) is -3.99. The van der Waals surface area contributed by atoms with E-state index in [1.54, 1.807) is 12.3 Å². The van der Waals surface area contributed by atoms with Crippen LogP contribution in [0.2, 0.25) is 0 Å². The summed E-state index contributed by atoms with van der Waals surface area (Å²) in [4.78, 5) is 4.81. The van der Waals surface area contributed by atoms with Crippen molar-refractivity contribution >= 4 is 27.0 Å². The molecule has 4 rings (SSSR count). The Balaban J connectivity index is 1.59. The topological polar surface area (TPSA) is 72.2 Å². The molecule has 0 radical (unpaired) electrons. The van der Waals surface area contributed by atoms with E-state index >= 15 is 0 Å². The second kappa shape index (κ2) is 5.92. The van der Waals surface area contributed by atoms with Crippen LogP contribution in [0.4, 0.5) is 14.5 Å². The molecule has 0 amide bonds. The summed E-state index contributed by atoms with van der Waals surface area (Å²) >= 11 is 0.986. The lowest BCUT2D eigenvalue weighted by Crippen LogP contribution is -2.12. The second-order valence-corrected chi connectivity index (χ2v) is 8.68. The minimum absolute atomic E-state index is 0.00408. The first-order valence-corrected chi connectivity index (χ1v) is 9.76. The molecule has 1 aliphatic carbocycles. The van der Waals surface area contributed by atoms with Crippen molar-refractivity contribution in [1.29, 1.82) is 0 Å². The van der Waals surface area contributed by atoms with Gasteiger partial charge in [-0.1, -0.05) is 0 Å². The van der Waals surface area contributed by atoms with Crippen LogP contribution in [0.5, 0.6) is 0 Å². The van der Waals surface area contributed by atoms with Crippen molar-refractivity contribution in [2.45, 2.75) is 23.0 Å². The Hall–Kier alpha value is -2.26. The first-order valence-electron chi connectivity index (χ1n) is 7.46. The van der Waals surface area contributed by atoms with Crippen molar-refractivity contribution in [3.8, 4) is 10.6 Å². The maximum Gasteiger partial charge on any atom is 0.271 e. The van der Waals surface area contributed by atoms with Crippen LogP contribution in [-0.2, 0) is 10.0 Å². The predicted octanol–water partition coefficient (Wildman–Crippen LogP) is 4.36. The maximum absolute atomic E-state index is 13.7. The molecule has 1 aliphatic rings. The third-order valence-corrected chi connectivity index (χ3v) is 6.67. The van der Waals surface area contributed by atoms with Crippen molar-refractivity contribution < 1.29 is 21.6 Å². The van der Waals surface area contributed by atoms with Gasteiger partial charge in [-0.3, -0.25) is 4.72 Å². The van der Waals surface area contributed by atoms with Gasteiger partial charge in [0.2, 0.25) is 0 Å². The van der Waals surface area contributed by atoms with Crippen molar-refractivity contribution in [3.05, 3.63) is 54.1 Å². The van der Waals surface area contributed by atoms with Gasteiger partial charge in [0.25, 0.3) is 10.0 Å². The van der Waals surface area contributed by atoms with E-state index in [0.717, 1.165) is 36.3 Å². The Bertz CT molecular complexity index is 1040. The van der Waals surface area contributed by atoms with E-state index in [1.165, 1.54) is 6.07 Å². The van der Waals surface area contributed by atoms with Gasteiger partial charge in [-0.15, -0.1) is 11.3 Å². The lowest BCUT2D eigenvalue weighted by molar-refractivity contribution is 0.510. The molecule has 0 saturated heterocycles. The fourth-order valence-corrected chi connectivity index (χ4v) is 4.60. The van der Waals surface area contributed by atoms with Crippen LogP contribution < -0.4 is 4.72 Å². The van der Waals surface area contributed by atoms with Crippen LogP contribution in [0.15, 0.2) is 45.2 Å². The number of aromatic nitrogens is 1. The summed E-state index contributed by atoms with van der Waals surface area (Å²) in [5.41, 5.74) is -0.313. The van der Waals surface area contributed by atoms with Gasteiger partial charge in [-0.2, -0.15) is 0 Å². The number of sulfonamides is 1. The average Bonchev–Trinajstić information content (AvgIpc) is 3.09. The number of nitrogens with one attached hydrogen (secondary N) is 1. The third-order valence-electron chi connectivity index (χ3n) is 3.71. The number of nitrogens with zero attached hydrogens (tertiary/aromatic N) is 1. The van der Waals surface area contributed by atoms with Gasteiger partial charge in [0, 0.05) is 12.0 Å². The summed E-state index contributed by atoms with van der Waals surface area (Å²) in [6.07, 6.45) is 3.68. The Labute approximate surface area is 146 Å². The standard InChI is InChI=1S/C16H12F2N2O3S2/c17-10-3-4-12(11(18)7-10)20-25(21,22)15-6-5-14(24-15)13-8-19-16(23-13)9-1-2-9/h3-9,20H,1-2H2. The van der Waals surface area contributed by atoms with Crippen molar-refractivity contribution in [3.63, 3.8) is 0 Å². The smallest absolute Gasteiger partial charge is 0.271 e. The Morgan fingerprint density at radius 3 is 2.72 bits per heavy atom. The van der Waals surface area contributed by atoms with Crippen molar-refractivity contribution in [1.82, 2.24) is 4.98 Å². The summed E-state index contributed by atoms with van der Waals surface area (Å²) in [6, 6.07) is 5.65. The highest BCUT2D eigenvalue weighted by Gasteiger charge is 2.29. The molecule has 0 unspecified atom stereocenters. The van der Waals surface area contributed by atoms with E-state index in [2.05, 4.69) is 9.71 Å². The molecule has 1 saturated carbocycles. The van der Waals surface area contributed by atoms with Crippen LogP contribution in [0.3, 0.4) is 0 Å². The number of benzene rings is 1. The van der Waals surface area contributed by atoms with Gasteiger partial charge in [-0.05, 0) is 37.1 Å². The van der Waals surface area contributed by atoms with Crippen molar-refractivity contribution in [2.24, 2.45) is 0 Å². The van der Waals surface area contributed by atoms with Crippen molar-refractivity contribution in [2.75, 3.05) is 4.72 Å². The van der Waals surface area contributed by atoms with E-state index in [-0.39, 0.29) is 9.90 Å². The van der Waals surface area contributed by atoms with E-state index < -0.39 is 21.7 Å². The number of hydrogen-bond donors (Lipinski definition) is 1. The highest BCUT2D eigenvalue weighted by molar-refractivity contribution is 7.94. The predicted molar refractivity (Wildman–Crippen MR) is 89.0 cm³/mol. The van der Waals surface area contributed by atoms with Gasteiger partial charge in [0.1, 0.15) is 15.8 Å². The zero-order valence-corrected chi connectivity index (χ0v) is 14.3. The highest BCUT2D eigenvalue weighted by Crippen LogP contribution is 2.41. The zero-order valence-electron chi connectivity index (χ0n) is 12.7. The molecule has 130 valence electrons. The molecule has 1 N–H and O–H groups in total. The Morgan fingerprint density at radius 1 is 1.20 bits per heavy atom. The highest BCUT2D eigenvalue weighted by atomic mass is 32.2. The fraction of sp³-hybridized carbons (Fsp3) is 0.188.